The first-order chi connectivity index (χ1) is 13.7. The number of hydrogen-bond acceptors (Lipinski definition) is 3. The molecule has 1 aliphatic rings. The van der Waals surface area contributed by atoms with Crippen LogP contribution in [0, 0.1) is 11.3 Å². The summed E-state index contributed by atoms with van der Waals surface area (Å²) in [7, 11) is 1.68. The van der Waals surface area contributed by atoms with Crippen molar-refractivity contribution >= 4 is 32.8 Å². The van der Waals surface area contributed by atoms with Gasteiger partial charge in [0.05, 0.1) is 12.1 Å². The van der Waals surface area contributed by atoms with Crippen molar-refractivity contribution in [2.45, 2.75) is 45.6 Å². The van der Waals surface area contributed by atoms with Crippen molar-refractivity contribution in [2.75, 3.05) is 20.3 Å². The summed E-state index contributed by atoms with van der Waals surface area (Å²) in [5, 5.41) is 14.4. The standard InChI is InChI=1S/C23H30BrNO4/c1-22(2,3)19-14-23(19,25-21(26)27)13-15-12-18(29-11-7-10-28-4)16-8-5-6-9-17(16)20(15)24/h5-6,8-9,12,19,25H,7,10-11,13-14H2,1-4H3,(H,26,27). The van der Waals surface area contributed by atoms with Crippen molar-refractivity contribution in [2.24, 2.45) is 11.3 Å². The second kappa shape index (κ2) is 8.52. The highest BCUT2D eigenvalue weighted by Crippen LogP contribution is 2.56. The fourth-order valence-electron chi connectivity index (χ4n) is 4.37. The third kappa shape index (κ3) is 4.86. The number of fused-ring (bicyclic) bond motifs is 1. The molecule has 3 rings (SSSR count). The number of amides is 1. The summed E-state index contributed by atoms with van der Waals surface area (Å²) < 4.78 is 12.2. The number of rotatable bonds is 8. The summed E-state index contributed by atoms with van der Waals surface area (Å²) in [6.45, 7) is 7.73. The van der Waals surface area contributed by atoms with Gasteiger partial charge in [-0.25, -0.2) is 4.79 Å². The molecule has 1 fully saturated rings. The minimum Gasteiger partial charge on any atom is -0.493 e. The fraction of sp³-hybridized carbons (Fsp3) is 0.522. The van der Waals surface area contributed by atoms with Crippen LogP contribution in [0.2, 0.25) is 0 Å². The van der Waals surface area contributed by atoms with E-state index in [9.17, 15) is 9.90 Å². The molecule has 1 aliphatic carbocycles. The van der Waals surface area contributed by atoms with E-state index in [4.69, 9.17) is 9.47 Å². The minimum atomic E-state index is -0.968. The molecule has 0 bridgehead atoms. The Morgan fingerprint density at radius 2 is 1.97 bits per heavy atom. The Hall–Kier alpha value is -1.79. The highest BCUT2D eigenvalue weighted by molar-refractivity contribution is 9.10. The number of benzene rings is 2. The second-order valence-electron chi connectivity index (χ2n) is 8.97. The van der Waals surface area contributed by atoms with Gasteiger partial charge < -0.3 is 19.9 Å². The van der Waals surface area contributed by atoms with E-state index in [2.05, 4.69) is 60.2 Å². The maximum atomic E-state index is 11.5. The maximum absolute atomic E-state index is 11.5. The normalized spacial score (nSPS) is 21.2. The number of methoxy groups -OCH3 is 1. The molecule has 158 valence electrons. The summed E-state index contributed by atoms with van der Waals surface area (Å²) >= 11 is 3.78. The van der Waals surface area contributed by atoms with E-state index in [1.54, 1.807) is 7.11 Å². The summed E-state index contributed by atoms with van der Waals surface area (Å²) in [4.78, 5) is 11.5. The zero-order valence-corrected chi connectivity index (χ0v) is 19.1. The third-order valence-electron chi connectivity index (χ3n) is 5.75. The van der Waals surface area contributed by atoms with Crippen LogP contribution >= 0.6 is 15.9 Å². The first kappa shape index (κ1) is 21.9. The Bertz CT molecular complexity index is 892. The van der Waals surface area contributed by atoms with E-state index in [1.807, 2.05) is 12.1 Å². The van der Waals surface area contributed by atoms with Crippen LogP contribution in [0.4, 0.5) is 4.79 Å². The predicted molar refractivity (Wildman–Crippen MR) is 119 cm³/mol. The van der Waals surface area contributed by atoms with Crippen LogP contribution in [0.5, 0.6) is 5.75 Å². The Balaban J connectivity index is 1.96. The summed E-state index contributed by atoms with van der Waals surface area (Å²) in [6, 6.07) is 10.2. The van der Waals surface area contributed by atoms with E-state index < -0.39 is 11.6 Å². The van der Waals surface area contributed by atoms with Crippen LogP contribution in [0.15, 0.2) is 34.8 Å². The molecule has 0 aliphatic heterocycles. The molecule has 0 radical (unpaired) electrons. The lowest BCUT2D eigenvalue weighted by molar-refractivity contribution is 0.172. The van der Waals surface area contributed by atoms with Crippen molar-refractivity contribution in [3.63, 3.8) is 0 Å². The van der Waals surface area contributed by atoms with E-state index in [0.29, 0.717) is 19.6 Å². The SMILES string of the molecule is COCCCOc1cc(CC2(NC(=O)O)CC2C(C)(C)C)c(Br)c2ccccc12. The van der Waals surface area contributed by atoms with Gasteiger partial charge in [-0.15, -0.1) is 0 Å². The van der Waals surface area contributed by atoms with Gasteiger partial charge in [-0.1, -0.05) is 45.0 Å². The van der Waals surface area contributed by atoms with Crippen molar-refractivity contribution in [1.29, 1.82) is 0 Å². The molecule has 2 unspecified atom stereocenters. The van der Waals surface area contributed by atoms with Gasteiger partial charge in [0.25, 0.3) is 0 Å². The minimum absolute atomic E-state index is 0.0330. The number of carbonyl (C=O) groups is 1. The first-order valence-corrected chi connectivity index (χ1v) is 10.8. The molecule has 5 nitrogen and oxygen atoms in total. The highest BCUT2D eigenvalue weighted by Gasteiger charge is 2.60. The molecule has 0 saturated heterocycles. The van der Waals surface area contributed by atoms with Crippen LogP contribution in [-0.2, 0) is 11.2 Å². The lowest BCUT2D eigenvalue weighted by Crippen LogP contribution is -2.41. The summed E-state index contributed by atoms with van der Waals surface area (Å²) in [6.07, 6.45) is 1.31. The number of hydrogen-bond donors (Lipinski definition) is 2. The van der Waals surface area contributed by atoms with Gasteiger partial charge in [0.1, 0.15) is 5.75 Å². The monoisotopic (exact) mass is 463 g/mol. The zero-order chi connectivity index (χ0) is 21.2. The van der Waals surface area contributed by atoms with E-state index in [0.717, 1.165) is 39.4 Å². The molecule has 1 saturated carbocycles. The first-order valence-electron chi connectivity index (χ1n) is 10.0. The molecule has 0 aromatic heterocycles. The van der Waals surface area contributed by atoms with Crippen molar-refractivity contribution < 1.29 is 19.4 Å². The van der Waals surface area contributed by atoms with Gasteiger partial charge in [0, 0.05) is 30.0 Å². The molecular formula is C23H30BrNO4. The van der Waals surface area contributed by atoms with Gasteiger partial charge >= 0.3 is 6.09 Å². The van der Waals surface area contributed by atoms with E-state index >= 15 is 0 Å². The largest absolute Gasteiger partial charge is 0.493 e. The third-order valence-corrected chi connectivity index (χ3v) is 6.69. The lowest BCUT2D eigenvalue weighted by Gasteiger charge is -2.26. The Morgan fingerprint density at radius 1 is 1.28 bits per heavy atom. The van der Waals surface area contributed by atoms with Gasteiger partial charge in [0.2, 0.25) is 0 Å². The van der Waals surface area contributed by atoms with Crippen molar-refractivity contribution in [3.05, 3.63) is 40.4 Å². The Kier molecular flexibility index (Phi) is 6.44. The zero-order valence-electron chi connectivity index (χ0n) is 17.5. The number of nitrogens with one attached hydrogen (secondary N) is 1. The predicted octanol–water partition coefficient (Wildman–Crippen LogP) is 5.63. The Labute approximate surface area is 180 Å². The van der Waals surface area contributed by atoms with E-state index in [1.165, 1.54) is 0 Å². The summed E-state index contributed by atoms with van der Waals surface area (Å²) in [5.41, 5.74) is 0.652. The van der Waals surface area contributed by atoms with Gasteiger partial charge in [-0.2, -0.15) is 0 Å². The average Bonchev–Trinajstić information content (AvgIpc) is 3.35. The van der Waals surface area contributed by atoms with Gasteiger partial charge in [0.15, 0.2) is 0 Å². The van der Waals surface area contributed by atoms with Crippen LogP contribution in [0.3, 0.4) is 0 Å². The summed E-state index contributed by atoms with van der Waals surface area (Å²) in [5.74, 6) is 1.11. The number of carboxylic acid groups (broad SMARTS) is 1. The Morgan fingerprint density at radius 3 is 2.55 bits per heavy atom. The van der Waals surface area contributed by atoms with Crippen LogP contribution < -0.4 is 10.1 Å². The van der Waals surface area contributed by atoms with Gasteiger partial charge in [-0.3, -0.25) is 0 Å². The fourth-order valence-corrected chi connectivity index (χ4v) is 4.97. The molecular weight excluding hydrogens is 434 g/mol. The van der Waals surface area contributed by atoms with Gasteiger partial charge in [-0.05, 0) is 57.1 Å². The topological polar surface area (TPSA) is 67.8 Å². The van der Waals surface area contributed by atoms with Crippen LogP contribution in [-0.4, -0.2) is 37.1 Å². The molecule has 0 heterocycles. The average molecular weight is 464 g/mol. The second-order valence-corrected chi connectivity index (χ2v) is 9.77. The quantitative estimate of drug-likeness (QED) is 0.497. The van der Waals surface area contributed by atoms with Crippen molar-refractivity contribution in [3.8, 4) is 5.75 Å². The van der Waals surface area contributed by atoms with Crippen LogP contribution in [0.25, 0.3) is 10.8 Å². The van der Waals surface area contributed by atoms with Crippen LogP contribution in [0.1, 0.15) is 39.2 Å². The number of halogens is 1. The molecule has 29 heavy (non-hydrogen) atoms. The molecule has 1 amide bonds. The lowest BCUT2D eigenvalue weighted by atomic mass is 9.85. The molecule has 6 heteroatoms. The molecule has 2 aromatic rings. The maximum Gasteiger partial charge on any atom is 0.405 e. The molecule has 2 aromatic carbocycles. The van der Waals surface area contributed by atoms with Crippen molar-refractivity contribution in [1.82, 2.24) is 5.32 Å². The highest BCUT2D eigenvalue weighted by atomic mass is 79.9. The molecule has 0 spiro atoms. The number of ether oxygens (including phenoxy) is 2. The smallest absolute Gasteiger partial charge is 0.405 e. The molecule has 2 N–H and O–H groups in total. The molecule has 2 atom stereocenters. The van der Waals surface area contributed by atoms with E-state index in [-0.39, 0.29) is 11.3 Å².